The SMILES string of the molecule is CCCCCCCC.CN.[HH]. The van der Waals surface area contributed by atoms with Gasteiger partial charge in [-0.2, -0.15) is 0 Å². The van der Waals surface area contributed by atoms with Crippen molar-refractivity contribution in [1.82, 2.24) is 0 Å². The molecule has 2 N–H and O–H groups in total. The molecule has 0 radical (unpaired) electrons. The molecule has 0 amide bonds. The molecule has 0 fully saturated rings. The highest BCUT2D eigenvalue weighted by atomic mass is 14.4. The van der Waals surface area contributed by atoms with Gasteiger partial charge in [0.05, 0.1) is 0 Å². The second-order valence-corrected chi connectivity index (χ2v) is 2.41. The second kappa shape index (κ2) is 16.0. The molecular weight excluding hydrogens is 122 g/mol. The molecule has 10 heavy (non-hydrogen) atoms. The van der Waals surface area contributed by atoms with Gasteiger partial charge in [-0.25, -0.2) is 0 Å². The Balaban J connectivity index is -0.000000196. The van der Waals surface area contributed by atoms with E-state index >= 15 is 0 Å². The van der Waals surface area contributed by atoms with Crippen LogP contribution in [0.4, 0.5) is 0 Å². The standard InChI is InChI=1S/C8H18.CH5N.H2/c1-3-5-7-8-6-4-2;1-2;/h3-8H2,1-2H3;2H2,1H3;1H. The van der Waals surface area contributed by atoms with Gasteiger partial charge in [-0.3, -0.25) is 0 Å². The Morgan fingerprint density at radius 3 is 1.30 bits per heavy atom. The molecule has 0 rings (SSSR count). The summed E-state index contributed by atoms with van der Waals surface area (Å²) in [5.41, 5.74) is 4.50. The lowest BCUT2D eigenvalue weighted by atomic mass is 10.1. The number of hydrogen-bond acceptors (Lipinski definition) is 1. The molecule has 0 aliphatic carbocycles. The minimum Gasteiger partial charge on any atom is -0.333 e. The zero-order valence-electron chi connectivity index (χ0n) is 7.82. The number of nitrogens with two attached hydrogens (primary N) is 1. The molecular formula is C9H25N. The van der Waals surface area contributed by atoms with Crippen LogP contribution in [0.15, 0.2) is 0 Å². The van der Waals surface area contributed by atoms with Crippen LogP contribution in [0.25, 0.3) is 0 Å². The minimum absolute atomic E-state index is 0. The van der Waals surface area contributed by atoms with E-state index in [0.29, 0.717) is 0 Å². The first-order valence-corrected chi connectivity index (χ1v) is 4.49. The molecule has 0 bridgehead atoms. The second-order valence-electron chi connectivity index (χ2n) is 2.41. The van der Waals surface area contributed by atoms with Crippen molar-refractivity contribution in [3.05, 3.63) is 0 Å². The van der Waals surface area contributed by atoms with E-state index in [9.17, 15) is 0 Å². The van der Waals surface area contributed by atoms with Crippen LogP contribution in [-0.4, -0.2) is 7.05 Å². The van der Waals surface area contributed by atoms with Crippen LogP contribution in [0.3, 0.4) is 0 Å². The predicted octanol–water partition coefficient (Wildman–Crippen LogP) is 3.19. The predicted molar refractivity (Wildman–Crippen MR) is 51.3 cm³/mol. The number of unbranched alkanes of at least 4 members (excludes halogenated alkanes) is 5. The van der Waals surface area contributed by atoms with E-state index in [4.69, 9.17) is 0 Å². The summed E-state index contributed by atoms with van der Waals surface area (Å²) in [4.78, 5) is 0. The number of rotatable bonds is 5. The first-order valence-electron chi connectivity index (χ1n) is 4.49. The monoisotopic (exact) mass is 147 g/mol. The summed E-state index contributed by atoms with van der Waals surface area (Å²) in [7, 11) is 1.50. The van der Waals surface area contributed by atoms with E-state index in [-0.39, 0.29) is 1.43 Å². The first kappa shape index (κ1) is 12.6. The van der Waals surface area contributed by atoms with Crippen molar-refractivity contribution in [3.8, 4) is 0 Å². The van der Waals surface area contributed by atoms with E-state index in [1.54, 1.807) is 0 Å². The van der Waals surface area contributed by atoms with Crippen molar-refractivity contribution < 1.29 is 1.43 Å². The molecule has 1 heteroatoms. The van der Waals surface area contributed by atoms with Gasteiger partial charge < -0.3 is 5.73 Å². The van der Waals surface area contributed by atoms with Crippen LogP contribution >= 0.6 is 0 Å². The van der Waals surface area contributed by atoms with Gasteiger partial charge in [0.1, 0.15) is 0 Å². The fourth-order valence-corrected chi connectivity index (χ4v) is 0.854. The summed E-state index contributed by atoms with van der Waals surface area (Å²) in [5.74, 6) is 0. The van der Waals surface area contributed by atoms with E-state index in [0.717, 1.165) is 0 Å². The third kappa shape index (κ3) is 15.7. The molecule has 0 aromatic heterocycles. The maximum absolute atomic E-state index is 4.50. The Labute approximate surface area is 67.5 Å². The highest BCUT2D eigenvalue weighted by molar-refractivity contribution is 4.39. The van der Waals surface area contributed by atoms with E-state index in [1.165, 1.54) is 45.6 Å². The Kier molecular flexibility index (Phi) is 20.2. The maximum atomic E-state index is 4.50. The fraction of sp³-hybridized carbons (Fsp3) is 1.00. The minimum atomic E-state index is 0. The quantitative estimate of drug-likeness (QED) is 0.594. The fourth-order valence-electron chi connectivity index (χ4n) is 0.854. The largest absolute Gasteiger partial charge is 0.333 e. The van der Waals surface area contributed by atoms with Crippen LogP contribution in [0.5, 0.6) is 0 Å². The van der Waals surface area contributed by atoms with Crippen LogP contribution in [0, 0.1) is 0 Å². The molecule has 0 saturated heterocycles. The normalized spacial score (nSPS) is 8.40. The molecule has 0 aromatic carbocycles. The average Bonchev–Trinajstić information content (AvgIpc) is 2.02. The summed E-state index contributed by atoms with van der Waals surface area (Å²) in [5, 5.41) is 0. The van der Waals surface area contributed by atoms with Crippen molar-refractivity contribution in [2.24, 2.45) is 5.73 Å². The maximum Gasteiger partial charge on any atom is 0 e. The Morgan fingerprint density at radius 1 is 0.800 bits per heavy atom. The molecule has 0 atom stereocenters. The summed E-state index contributed by atoms with van der Waals surface area (Å²) in [6, 6.07) is 0. The molecule has 0 spiro atoms. The van der Waals surface area contributed by atoms with E-state index in [1.807, 2.05) is 0 Å². The van der Waals surface area contributed by atoms with Gasteiger partial charge in [-0.05, 0) is 7.05 Å². The van der Waals surface area contributed by atoms with Gasteiger partial charge >= 0.3 is 0 Å². The lowest BCUT2D eigenvalue weighted by Gasteiger charge is -1.93. The van der Waals surface area contributed by atoms with Crippen LogP contribution in [0.2, 0.25) is 0 Å². The molecule has 0 heterocycles. The third-order valence-corrected chi connectivity index (χ3v) is 1.46. The third-order valence-electron chi connectivity index (χ3n) is 1.46. The summed E-state index contributed by atoms with van der Waals surface area (Å²) < 4.78 is 0. The summed E-state index contributed by atoms with van der Waals surface area (Å²) in [6.45, 7) is 4.51. The molecule has 66 valence electrons. The molecule has 0 unspecified atom stereocenters. The van der Waals surface area contributed by atoms with Crippen molar-refractivity contribution >= 4 is 0 Å². The average molecular weight is 147 g/mol. The van der Waals surface area contributed by atoms with Gasteiger partial charge in [-0.15, -0.1) is 0 Å². The van der Waals surface area contributed by atoms with Gasteiger partial charge in [0.25, 0.3) is 0 Å². The van der Waals surface area contributed by atoms with Gasteiger partial charge in [0.2, 0.25) is 0 Å². The molecule has 1 nitrogen and oxygen atoms in total. The van der Waals surface area contributed by atoms with E-state index < -0.39 is 0 Å². The first-order chi connectivity index (χ1) is 4.91. The zero-order chi connectivity index (χ0) is 8.24. The smallest absolute Gasteiger partial charge is 0 e. The van der Waals surface area contributed by atoms with Gasteiger partial charge in [-0.1, -0.05) is 52.4 Å². The highest BCUT2D eigenvalue weighted by Gasteiger charge is 1.83. The number of hydrogen-bond donors (Lipinski definition) is 1. The summed E-state index contributed by atoms with van der Waals surface area (Å²) >= 11 is 0. The van der Waals surface area contributed by atoms with Crippen molar-refractivity contribution in [1.29, 1.82) is 0 Å². The van der Waals surface area contributed by atoms with Gasteiger partial charge in [0.15, 0.2) is 0 Å². The topological polar surface area (TPSA) is 26.0 Å². The van der Waals surface area contributed by atoms with E-state index in [2.05, 4.69) is 19.6 Å². The van der Waals surface area contributed by atoms with Crippen molar-refractivity contribution in [2.75, 3.05) is 7.05 Å². The molecule has 0 saturated carbocycles. The Morgan fingerprint density at radius 2 is 1.10 bits per heavy atom. The van der Waals surface area contributed by atoms with Crippen LogP contribution < -0.4 is 5.73 Å². The summed E-state index contributed by atoms with van der Waals surface area (Å²) in [6.07, 6.45) is 8.49. The molecule has 0 aliphatic rings. The van der Waals surface area contributed by atoms with Crippen LogP contribution in [-0.2, 0) is 0 Å². The highest BCUT2D eigenvalue weighted by Crippen LogP contribution is 2.03. The van der Waals surface area contributed by atoms with Crippen molar-refractivity contribution in [3.63, 3.8) is 0 Å². The lowest BCUT2D eigenvalue weighted by molar-refractivity contribution is 0.624. The van der Waals surface area contributed by atoms with Crippen molar-refractivity contribution in [2.45, 2.75) is 52.4 Å². The lowest BCUT2D eigenvalue weighted by Crippen LogP contribution is -1.73. The molecule has 0 aromatic rings. The zero-order valence-corrected chi connectivity index (χ0v) is 7.82. The van der Waals surface area contributed by atoms with Crippen LogP contribution in [0.1, 0.15) is 53.8 Å². The Hall–Kier alpha value is -0.0400. The van der Waals surface area contributed by atoms with Gasteiger partial charge in [0, 0.05) is 1.43 Å². The Bertz CT molecular complexity index is 34.5. The molecule has 0 aliphatic heterocycles.